The van der Waals surface area contributed by atoms with Gasteiger partial charge in [-0.15, -0.1) is 0 Å². The number of carbonyl (C=O) groups excluding carboxylic acids is 1. The number of carbonyl (C=O) groups is 1. The van der Waals surface area contributed by atoms with Crippen LogP contribution in [0.4, 0.5) is 11.4 Å². The molecule has 144 valence electrons. The van der Waals surface area contributed by atoms with E-state index in [1.807, 2.05) is 30.3 Å². The first-order chi connectivity index (χ1) is 13.4. The Kier molecular flexibility index (Phi) is 5.96. The SMILES string of the molecule is CS(=O)(=O)Nc1ccc(NC(=O)c2cccc(OCc3ccccc3)c2)cc1. The van der Waals surface area contributed by atoms with Crippen LogP contribution in [0.15, 0.2) is 78.9 Å². The van der Waals surface area contributed by atoms with E-state index in [1.54, 1.807) is 48.5 Å². The molecule has 0 atom stereocenters. The van der Waals surface area contributed by atoms with E-state index in [0.717, 1.165) is 11.8 Å². The smallest absolute Gasteiger partial charge is 0.255 e. The van der Waals surface area contributed by atoms with Gasteiger partial charge < -0.3 is 10.1 Å². The lowest BCUT2D eigenvalue weighted by atomic mass is 10.2. The molecule has 2 N–H and O–H groups in total. The Morgan fingerprint density at radius 2 is 1.57 bits per heavy atom. The van der Waals surface area contributed by atoms with Crippen LogP contribution >= 0.6 is 0 Å². The molecule has 0 bridgehead atoms. The van der Waals surface area contributed by atoms with Crippen LogP contribution in [0.2, 0.25) is 0 Å². The Balaban J connectivity index is 1.62. The highest BCUT2D eigenvalue weighted by Crippen LogP contribution is 2.18. The molecule has 0 unspecified atom stereocenters. The summed E-state index contributed by atoms with van der Waals surface area (Å²) >= 11 is 0. The van der Waals surface area contributed by atoms with Crippen LogP contribution < -0.4 is 14.8 Å². The predicted octanol–water partition coefficient (Wildman–Crippen LogP) is 3.89. The topological polar surface area (TPSA) is 84.5 Å². The number of hydrogen-bond acceptors (Lipinski definition) is 4. The first-order valence-electron chi connectivity index (χ1n) is 8.55. The third kappa shape index (κ3) is 5.85. The molecule has 6 nitrogen and oxygen atoms in total. The summed E-state index contributed by atoms with van der Waals surface area (Å²) in [4.78, 5) is 12.5. The van der Waals surface area contributed by atoms with E-state index >= 15 is 0 Å². The molecule has 7 heteroatoms. The summed E-state index contributed by atoms with van der Waals surface area (Å²) in [6.45, 7) is 0.417. The second-order valence-electron chi connectivity index (χ2n) is 6.21. The van der Waals surface area contributed by atoms with Crippen molar-refractivity contribution >= 4 is 27.3 Å². The van der Waals surface area contributed by atoms with E-state index in [4.69, 9.17) is 4.74 Å². The van der Waals surface area contributed by atoms with E-state index in [2.05, 4.69) is 10.0 Å². The van der Waals surface area contributed by atoms with Gasteiger partial charge in [-0.25, -0.2) is 8.42 Å². The third-order valence-corrected chi connectivity index (χ3v) is 4.40. The molecule has 28 heavy (non-hydrogen) atoms. The fourth-order valence-electron chi connectivity index (χ4n) is 2.51. The predicted molar refractivity (Wildman–Crippen MR) is 110 cm³/mol. The summed E-state index contributed by atoms with van der Waals surface area (Å²) < 4.78 is 30.6. The summed E-state index contributed by atoms with van der Waals surface area (Å²) in [5, 5.41) is 2.78. The zero-order valence-corrected chi connectivity index (χ0v) is 16.1. The van der Waals surface area contributed by atoms with E-state index in [9.17, 15) is 13.2 Å². The molecule has 0 spiro atoms. The van der Waals surface area contributed by atoms with E-state index in [-0.39, 0.29) is 5.91 Å². The maximum Gasteiger partial charge on any atom is 0.255 e. The Morgan fingerprint density at radius 3 is 2.25 bits per heavy atom. The Bertz CT molecular complexity index is 1050. The molecule has 0 aliphatic rings. The van der Waals surface area contributed by atoms with Crippen molar-refractivity contribution in [3.63, 3.8) is 0 Å². The maximum atomic E-state index is 12.5. The van der Waals surface area contributed by atoms with Crippen molar-refractivity contribution < 1.29 is 17.9 Å². The van der Waals surface area contributed by atoms with E-state index in [0.29, 0.717) is 29.3 Å². The molecule has 0 aromatic heterocycles. The minimum Gasteiger partial charge on any atom is -0.489 e. The summed E-state index contributed by atoms with van der Waals surface area (Å²) in [6.07, 6.45) is 1.08. The molecule has 1 amide bonds. The number of nitrogens with one attached hydrogen (secondary N) is 2. The maximum absolute atomic E-state index is 12.5. The van der Waals surface area contributed by atoms with Crippen LogP contribution in [0.5, 0.6) is 5.75 Å². The van der Waals surface area contributed by atoms with Gasteiger partial charge in [-0.1, -0.05) is 36.4 Å². The summed E-state index contributed by atoms with van der Waals surface area (Å²) in [5.74, 6) is 0.318. The van der Waals surface area contributed by atoms with Crippen molar-refractivity contribution in [1.82, 2.24) is 0 Å². The summed E-state index contributed by atoms with van der Waals surface area (Å²) in [5.41, 5.74) is 2.49. The number of rotatable bonds is 7. The van der Waals surface area contributed by atoms with Crippen LogP contribution in [0, 0.1) is 0 Å². The highest BCUT2D eigenvalue weighted by molar-refractivity contribution is 7.92. The quantitative estimate of drug-likeness (QED) is 0.635. The van der Waals surface area contributed by atoms with Crippen LogP contribution in [-0.2, 0) is 16.6 Å². The molecule has 3 aromatic rings. The Morgan fingerprint density at radius 1 is 0.893 bits per heavy atom. The third-order valence-electron chi connectivity index (χ3n) is 3.79. The highest BCUT2D eigenvalue weighted by atomic mass is 32.2. The average Bonchev–Trinajstić information content (AvgIpc) is 2.68. The van der Waals surface area contributed by atoms with Gasteiger partial charge in [0, 0.05) is 16.9 Å². The van der Waals surface area contributed by atoms with Crippen molar-refractivity contribution in [2.45, 2.75) is 6.61 Å². The lowest BCUT2D eigenvalue weighted by molar-refractivity contribution is 0.102. The van der Waals surface area contributed by atoms with Crippen LogP contribution in [0.3, 0.4) is 0 Å². The Hall–Kier alpha value is -3.32. The first-order valence-corrected chi connectivity index (χ1v) is 10.4. The molecule has 0 radical (unpaired) electrons. The number of hydrogen-bond donors (Lipinski definition) is 2. The van der Waals surface area contributed by atoms with Gasteiger partial charge in [0.2, 0.25) is 10.0 Å². The largest absolute Gasteiger partial charge is 0.489 e. The van der Waals surface area contributed by atoms with Gasteiger partial charge in [-0.3, -0.25) is 9.52 Å². The fraction of sp³-hybridized carbons (Fsp3) is 0.0952. The molecular weight excluding hydrogens is 376 g/mol. The zero-order valence-electron chi connectivity index (χ0n) is 15.3. The minimum absolute atomic E-state index is 0.283. The molecule has 0 fully saturated rings. The Labute approximate surface area is 164 Å². The van der Waals surface area contributed by atoms with Crippen molar-refractivity contribution in [2.75, 3.05) is 16.3 Å². The van der Waals surface area contributed by atoms with Crippen LogP contribution in [0.1, 0.15) is 15.9 Å². The van der Waals surface area contributed by atoms with Gasteiger partial charge in [0.1, 0.15) is 12.4 Å². The van der Waals surface area contributed by atoms with E-state index < -0.39 is 10.0 Å². The van der Waals surface area contributed by atoms with Crippen LogP contribution in [0.25, 0.3) is 0 Å². The fourth-order valence-corrected chi connectivity index (χ4v) is 3.07. The molecule has 0 heterocycles. The van der Waals surface area contributed by atoms with E-state index in [1.165, 1.54) is 0 Å². The number of sulfonamides is 1. The molecule has 0 aliphatic heterocycles. The van der Waals surface area contributed by atoms with Gasteiger partial charge in [0.25, 0.3) is 5.91 Å². The normalized spacial score (nSPS) is 10.9. The van der Waals surface area contributed by atoms with Crippen LogP contribution in [-0.4, -0.2) is 20.6 Å². The van der Waals surface area contributed by atoms with Gasteiger partial charge >= 0.3 is 0 Å². The molecule has 0 saturated heterocycles. The van der Waals surface area contributed by atoms with Gasteiger partial charge in [0.05, 0.1) is 6.26 Å². The molecule has 0 aliphatic carbocycles. The lowest BCUT2D eigenvalue weighted by Gasteiger charge is -2.10. The second kappa shape index (κ2) is 8.58. The molecule has 3 aromatic carbocycles. The highest BCUT2D eigenvalue weighted by Gasteiger charge is 2.08. The lowest BCUT2D eigenvalue weighted by Crippen LogP contribution is -2.12. The summed E-state index contributed by atoms with van der Waals surface area (Å²) in [7, 11) is -3.34. The van der Waals surface area contributed by atoms with Gasteiger partial charge in [0.15, 0.2) is 0 Å². The van der Waals surface area contributed by atoms with Crippen molar-refractivity contribution in [2.24, 2.45) is 0 Å². The van der Waals surface area contributed by atoms with Crippen molar-refractivity contribution in [3.05, 3.63) is 90.0 Å². The number of anilines is 2. The number of amides is 1. The van der Waals surface area contributed by atoms with Crippen molar-refractivity contribution in [3.8, 4) is 5.75 Å². The first kappa shape index (κ1) is 19.4. The number of ether oxygens (including phenoxy) is 1. The summed E-state index contributed by atoms with van der Waals surface area (Å²) in [6, 6.07) is 23.1. The minimum atomic E-state index is -3.34. The molecular formula is C21H20N2O4S. The standard InChI is InChI=1S/C21H20N2O4S/c1-28(25,26)23-19-12-10-18(11-13-19)22-21(24)17-8-5-9-20(14-17)27-15-16-6-3-2-4-7-16/h2-14,23H,15H2,1H3,(H,22,24). The monoisotopic (exact) mass is 396 g/mol. The second-order valence-corrected chi connectivity index (χ2v) is 7.96. The van der Waals surface area contributed by atoms with Gasteiger partial charge in [-0.05, 0) is 48.0 Å². The number of benzene rings is 3. The van der Waals surface area contributed by atoms with Gasteiger partial charge in [-0.2, -0.15) is 0 Å². The average molecular weight is 396 g/mol. The molecule has 0 saturated carbocycles. The zero-order chi connectivity index (χ0) is 20.0. The molecule has 3 rings (SSSR count). The van der Waals surface area contributed by atoms with Crippen molar-refractivity contribution in [1.29, 1.82) is 0 Å².